The molecule has 2 aliphatic carbocycles. The maximum Gasteiger partial charge on any atom is 0.296 e. The van der Waals surface area contributed by atoms with Gasteiger partial charge in [-0.1, -0.05) is 12.2 Å². The Kier molecular flexibility index (Phi) is 1.71. The van der Waals surface area contributed by atoms with Crippen LogP contribution in [0.5, 0.6) is 0 Å². The zero-order chi connectivity index (χ0) is 12.6. The van der Waals surface area contributed by atoms with Gasteiger partial charge in [0, 0.05) is 11.5 Å². The second-order valence-corrected chi connectivity index (χ2v) is 5.79. The normalized spacial score (nSPS) is 28.8. The van der Waals surface area contributed by atoms with Crippen LogP contribution in [0.3, 0.4) is 0 Å². The number of allylic oxidation sites excluding steroid dienone is 2. The molecule has 2 N–H and O–H groups in total. The third kappa shape index (κ3) is 1.12. The largest absolute Gasteiger partial charge is 0.382 e. The van der Waals surface area contributed by atoms with E-state index in [1.54, 1.807) is 12.2 Å². The van der Waals surface area contributed by atoms with Crippen LogP contribution in [0.2, 0.25) is 0 Å². The first-order chi connectivity index (χ1) is 7.74. The van der Waals surface area contributed by atoms with Gasteiger partial charge < -0.3 is 5.73 Å². The van der Waals surface area contributed by atoms with Crippen molar-refractivity contribution in [1.29, 1.82) is 0 Å². The number of hydrogen-bond donors (Lipinski definition) is 1. The third-order valence-electron chi connectivity index (χ3n) is 3.57. The number of nitrogens with two attached hydrogens (primary N) is 1. The molecule has 1 aromatic rings. The summed E-state index contributed by atoms with van der Waals surface area (Å²) in [6.45, 7) is 5.55. The molecule has 0 fully saturated rings. The standard InChI is InChI=1S/C12H15F2N3/c1-11(2,3)17-9-8(10(15)16-17)6-4-5-7(6)12(9,13)14/h4-7H,1-3H3,(H2,15,16)/t6-,7+/m0/s1. The minimum Gasteiger partial charge on any atom is -0.382 e. The van der Waals surface area contributed by atoms with Crippen LogP contribution in [-0.2, 0) is 11.5 Å². The average molecular weight is 239 g/mol. The number of alkyl halides is 2. The van der Waals surface area contributed by atoms with Crippen molar-refractivity contribution in [1.82, 2.24) is 9.78 Å². The van der Waals surface area contributed by atoms with E-state index in [1.807, 2.05) is 20.8 Å². The summed E-state index contributed by atoms with van der Waals surface area (Å²) in [4.78, 5) is 0. The van der Waals surface area contributed by atoms with E-state index in [9.17, 15) is 8.78 Å². The zero-order valence-electron chi connectivity index (χ0n) is 10.0. The van der Waals surface area contributed by atoms with E-state index in [2.05, 4.69) is 5.10 Å². The van der Waals surface area contributed by atoms with Crippen molar-refractivity contribution in [3.63, 3.8) is 0 Å². The first kappa shape index (κ1) is 10.7. The monoisotopic (exact) mass is 239 g/mol. The first-order valence-electron chi connectivity index (χ1n) is 5.70. The Bertz CT molecular complexity index is 523. The second kappa shape index (κ2) is 2.71. The fraction of sp³-hybridized carbons (Fsp3) is 0.583. The molecule has 0 saturated carbocycles. The quantitative estimate of drug-likeness (QED) is 0.707. The van der Waals surface area contributed by atoms with Crippen molar-refractivity contribution in [3.8, 4) is 0 Å². The number of aromatic nitrogens is 2. The van der Waals surface area contributed by atoms with Gasteiger partial charge in [0.05, 0.1) is 11.5 Å². The fourth-order valence-corrected chi connectivity index (χ4v) is 2.70. The van der Waals surface area contributed by atoms with Crippen LogP contribution in [0.1, 0.15) is 37.9 Å². The summed E-state index contributed by atoms with van der Waals surface area (Å²) < 4.78 is 29.9. The highest BCUT2D eigenvalue weighted by Crippen LogP contribution is 2.60. The predicted molar refractivity (Wildman–Crippen MR) is 60.9 cm³/mol. The van der Waals surface area contributed by atoms with Crippen LogP contribution >= 0.6 is 0 Å². The third-order valence-corrected chi connectivity index (χ3v) is 3.57. The molecule has 0 unspecified atom stereocenters. The SMILES string of the molecule is CC(C)(C)n1nc(N)c2c1C(F)(F)[C@@H]1C=C[C@H]21. The molecule has 3 nitrogen and oxygen atoms in total. The molecule has 0 aromatic carbocycles. The van der Waals surface area contributed by atoms with Gasteiger partial charge in [-0.15, -0.1) is 0 Å². The van der Waals surface area contributed by atoms with E-state index in [4.69, 9.17) is 5.73 Å². The van der Waals surface area contributed by atoms with Crippen molar-refractivity contribution in [2.45, 2.75) is 38.2 Å². The molecule has 1 heterocycles. The molecule has 0 aliphatic heterocycles. The van der Waals surface area contributed by atoms with E-state index in [0.717, 1.165) is 0 Å². The van der Waals surface area contributed by atoms with Gasteiger partial charge in [-0.05, 0) is 20.8 Å². The Morgan fingerprint density at radius 2 is 2.00 bits per heavy atom. The van der Waals surface area contributed by atoms with E-state index < -0.39 is 17.4 Å². The number of fused-ring (bicyclic) bond motifs is 3. The van der Waals surface area contributed by atoms with Gasteiger partial charge in [0.25, 0.3) is 5.92 Å². The van der Waals surface area contributed by atoms with Gasteiger partial charge in [-0.2, -0.15) is 13.9 Å². The smallest absolute Gasteiger partial charge is 0.296 e. The van der Waals surface area contributed by atoms with Gasteiger partial charge in [-0.25, -0.2) is 0 Å². The lowest BCUT2D eigenvalue weighted by atomic mass is 9.81. The summed E-state index contributed by atoms with van der Waals surface area (Å²) in [5.41, 5.74) is 5.83. The molecule has 0 bridgehead atoms. The molecule has 0 amide bonds. The minimum atomic E-state index is -2.85. The highest BCUT2D eigenvalue weighted by molar-refractivity contribution is 5.57. The summed E-state index contributed by atoms with van der Waals surface area (Å²) >= 11 is 0. The number of halogens is 2. The van der Waals surface area contributed by atoms with Crippen LogP contribution in [0, 0.1) is 5.92 Å². The van der Waals surface area contributed by atoms with Gasteiger partial charge in [0.2, 0.25) is 0 Å². The summed E-state index contributed by atoms with van der Waals surface area (Å²) in [5.74, 6) is -3.60. The first-order valence-corrected chi connectivity index (χ1v) is 5.70. The Morgan fingerprint density at radius 1 is 1.35 bits per heavy atom. The van der Waals surface area contributed by atoms with Crippen LogP contribution in [0.4, 0.5) is 14.6 Å². The molecule has 2 atom stereocenters. The van der Waals surface area contributed by atoms with Crippen molar-refractivity contribution >= 4 is 5.82 Å². The summed E-state index contributed by atoms with van der Waals surface area (Å²) in [7, 11) is 0. The van der Waals surface area contributed by atoms with Crippen molar-refractivity contribution in [2.24, 2.45) is 5.92 Å². The van der Waals surface area contributed by atoms with Crippen molar-refractivity contribution in [2.75, 3.05) is 5.73 Å². The zero-order valence-corrected chi connectivity index (χ0v) is 10.0. The Hall–Kier alpha value is -1.39. The lowest BCUT2D eigenvalue weighted by Crippen LogP contribution is -2.33. The molecule has 92 valence electrons. The molecular weight excluding hydrogens is 224 g/mol. The van der Waals surface area contributed by atoms with E-state index >= 15 is 0 Å². The Morgan fingerprint density at radius 3 is 2.47 bits per heavy atom. The molecular formula is C12H15F2N3. The van der Waals surface area contributed by atoms with E-state index in [0.29, 0.717) is 5.56 Å². The predicted octanol–water partition coefficient (Wildman–Crippen LogP) is 2.60. The molecule has 0 spiro atoms. The molecule has 2 aliphatic rings. The average Bonchev–Trinajstić information content (AvgIpc) is 2.47. The molecule has 3 rings (SSSR count). The second-order valence-electron chi connectivity index (χ2n) is 5.79. The molecule has 0 saturated heterocycles. The van der Waals surface area contributed by atoms with Crippen LogP contribution in [0.15, 0.2) is 12.2 Å². The van der Waals surface area contributed by atoms with Gasteiger partial charge in [0.15, 0.2) is 0 Å². The van der Waals surface area contributed by atoms with Gasteiger partial charge >= 0.3 is 0 Å². The maximum atomic E-state index is 14.3. The van der Waals surface area contributed by atoms with Crippen LogP contribution < -0.4 is 5.73 Å². The highest BCUT2D eigenvalue weighted by atomic mass is 19.3. The van der Waals surface area contributed by atoms with Crippen molar-refractivity contribution < 1.29 is 8.78 Å². The molecule has 0 radical (unpaired) electrons. The molecule has 17 heavy (non-hydrogen) atoms. The number of nitrogens with zero attached hydrogens (tertiary/aromatic N) is 2. The maximum absolute atomic E-state index is 14.3. The van der Waals surface area contributed by atoms with Gasteiger partial charge in [0.1, 0.15) is 11.5 Å². The van der Waals surface area contributed by atoms with Crippen molar-refractivity contribution in [3.05, 3.63) is 23.4 Å². The van der Waals surface area contributed by atoms with E-state index in [1.165, 1.54) is 4.68 Å². The fourth-order valence-electron chi connectivity index (χ4n) is 2.70. The number of anilines is 1. The number of hydrogen-bond acceptors (Lipinski definition) is 2. The van der Waals surface area contributed by atoms with Gasteiger partial charge in [-0.3, -0.25) is 4.68 Å². The summed E-state index contributed by atoms with van der Waals surface area (Å²) in [6.07, 6.45) is 3.35. The summed E-state index contributed by atoms with van der Waals surface area (Å²) in [6, 6.07) is 0. The molecule has 1 aromatic heterocycles. The number of rotatable bonds is 0. The minimum absolute atomic E-state index is 0.00231. The number of nitrogen functional groups attached to an aromatic ring is 1. The Balaban J connectivity index is 2.28. The summed E-state index contributed by atoms with van der Waals surface area (Å²) in [5, 5.41) is 4.10. The Labute approximate surface area is 98.3 Å². The topological polar surface area (TPSA) is 43.8 Å². The molecule has 5 heteroatoms. The van der Waals surface area contributed by atoms with Crippen LogP contribution in [0.25, 0.3) is 0 Å². The lowest BCUT2D eigenvalue weighted by Gasteiger charge is -2.29. The lowest BCUT2D eigenvalue weighted by molar-refractivity contribution is -0.0537. The highest BCUT2D eigenvalue weighted by Gasteiger charge is 2.59. The van der Waals surface area contributed by atoms with Crippen LogP contribution in [-0.4, -0.2) is 9.78 Å². The van der Waals surface area contributed by atoms with E-state index in [-0.39, 0.29) is 17.4 Å².